The van der Waals surface area contributed by atoms with E-state index in [-0.39, 0.29) is 34.3 Å². The Hall–Kier alpha value is -2.66. The number of aromatic hydroxyl groups is 2. The molecule has 0 fully saturated rings. The Balaban J connectivity index is 2.10. The molecule has 22 heavy (non-hydrogen) atoms. The molecular formula is C17H11NO3S. The highest BCUT2D eigenvalue weighted by atomic mass is 32.1. The summed E-state index contributed by atoms with van der Waals surface area (Å²) in [6.07, 6.45) is 1.71. The van der Waals surface area contributed by atoms with Crippen molar-refractivity contribution in [3.8, 4) is 11.5 Å². The maximum absolute atomic E-state index is 12.7. The molecule has 3 aromatic rings. The van der Waals surface area contributed by atoms with E-state index < -0.39 is 0 Å². The highest BCUT2D eigenvalue weighted by Gasteiger charge is 2.36. The second-order valence-electron chi connectivity index (χ2n) is 5.12. The van der Waals surface area contributed by atoms with E-state index in [1.54, 1.807) is 18.3 Å². The third kappa shape index (κ3) is 1.69. The van der Waals surface area contributed by atoms with E-state index >= 15 is 0 Å². The Morgan fingerprint density at radius 2 is 1.55 bits per heavy atom. The first-order valence-corrected chi connectivity index (χ1v) is 7.64. The monoisotopic (exact) mass is 309 g/mol. The van der Waals surface area contributed by atoms with Crippen LogP contribution in [0.15, 0.2) is 48.0 Å². The second-order valence-corrected chi connectivity index (χ2v) is 6.04. The minimum absolute atomic E-state index is 0.0713. The number of aromatic nitrogens is 1. The lowest BCUT2D eigenvalue weighted by Crippen LogP contribution is -2.20. The molecule has 1 aromatic heterocycles. The van der Waals surface area contributed by atoms with E-state index in [1.165, 1.54) is 23.5 Å². The van der Waals surface area contributed by atoms with Gasteiger partial charge in [0, 0.05) is 11.6 Å². The largest absolute Gasteiger partial charge is 0.507 e. The molecule has 0 unspecified atom stereocenters. The molecule has 5 heteroatoms. The van der Waals surface area contributed by atoms with Crippen LogP contribution >= 0.6 is 11.3 Å². The number of ketones is 1. The topological polar surface area (TPSA) is 70.4 Å². The van der Waals surface area contributed by atoms with Gasteiger partial charge in [0.15, 0.2) is 0 Å². The molecule has 2 N–H and O–H groups in total. The van der Waals surface area contributed by atoms with Crippen molar-refractivity contribution in [2.24, 2.45) is 0 Å². The number of fused-ring (bicyclic) bond motifs is 2. The highest BCUT2D eigenvalue weighted by molar-refractivity contribution is 7.09. The first-order valence-electron chi connectivity index (χ1n) is 6.76. The van der Waals surface area contributed by atoms with Crippen molar-refractivity contribution < 1.29 is 15.0 Å². The van der Waals surface area contributed by atoms with E-state index in [0.717, 1.165) is 16.1 Å². The Kier molecular flexibility index (Phi) is 2.77. The highest BCUT2D eigenvalue weighted by Crippen LogP contribution is 2.45. The third-order valence-electron chi connectivity index (χ3n) is 3.92. The smallest absolute Gasteiger partial charge is 0.201 e. The van der Waals surface area contributed by atoms with Gasteiger partial charge in [-0.2, -0.15) is 0 Å². The zero-order valence-electron chi connectivity index (χ0n) is 11.4. The van der Waals surface area contributed by atoms with Gasteiger partial charge in [0.05, 0.1) is 17.0 Å². The van der Waals surface area contributed by atoms with Crippen LogP contribution in [-0.2, 0) is 0 Å². The summed E-state index contributed by atoms with van der Waals surface area (Å²) >= 11 is 1.48. The normalized spacial score (nSPS) is 13.7. The van der Waals surface area contributed by atoms with Crippen molar-refractivity contribution >= 4 is 17.1 Å². The molecule has 0 saturated carbocycles. The van der Waals surface area contributed by atoms with Crippen molar-refractivity contribution in [3.05, 3.63) is 75.2 Å². The second kappa shape index (κ2) is 4.68. The van der Waals surface area contributed by atoms with Gasteiger partial charge in [0.1, 0.15) is 16.5 Å². The fraction of sp³-hybridized carbons (Fsp3) is 0.0588. The minimum atomic E-state index is -0.353. The number of hydrogen-bond donors (Lipinski definition) is 2. The van der Waals surface area contributed by atoms with Crippen LogP contribution in [0.5, 0.6) is 11.5 Å². The molecule has 4 nitrogen and oxygen atoms in total. The van der Waals surface area contributed by atoms with Gasteiger partial charge in [0.25, 0.3) is 0 Å². The number of rotatable bonds is 1. The van der Waals surface area contributed by atoms with Gasteiger partial charge < -0.3 is 10.2 Å². The SMILES string of the molecule is O=C1c2c(O)cccc2C(c2nccs2)c2cccc(O)c21. The molecule has 1 aliphatic carbocycles. The van der Waals surface area contributed by atoms with Crippen molar-refractivity contribution in [2.45, 2.75) is 5.92 Å². The molecule has 0 amide bonds. The van der Waals surface area contributed by atoms with E-state index in [4.69, 9.17) is 0 Å². The van der Waals surface area contributed by atoms with Crippen molar-refractivity contribution in [1.82, 2.24) is 4.98 Å². The average Bonchev–Trinajstić information content (AvgIpc) is 3.01. The van der Waals surface area contributed by atoms with Crippen LogP contribution in [0.4, 0.5) is 0 Å². The zero-order chi connectivity index (χ0) is 15.3. The molecule has 0 aliphatic heterocycles. The molecule has 1 aliphatic rings. The van der Waals surface area contributed by atoms with Gasteiger partial charge in [-0.1, -0.05) is 24.3 Å². The van der Waals surface area contributed by atoms with Gasteiger partial charge in [-0.3, -0.25) is 4.79 Å². The fourth-order valence-corrected chi connectivity index (χ4v) is 3.80. The summed E-state index contributed by atoms with van der Waals surface area (Å²) in [7, 11) is 0. The predicted octanol–water partition coefficient (Wildman–Crippen LogP) is 3.28. The lowest BCUT2D eigenvalue weighted by molar-refractivity contribution is 0.102. The molecular weight excluding hydrogens is 298 g/mol. The van der Waals surface area contributed by atoms with E-state index in [0.29, 0.717) is 0 Å². The number of carbonyl (C=O) groups is 1. The lowest BCUT2D eigenvalue weighted by Gasteiger charge is -2.27. The maximum Gasteiger partial charge on any atom is 0.201 e. The summed E-state index contributed by atoms with van der Waals surface area (Å²) < 4.78 is 0. The fourth-order valence-electron chi connectivity index (χ4n) is 3.03. The van der Waals surface area contributed by atoms with E-state index in [2.05, 4.69) is 4.98 Å². The Morgan fingerprint density at radius 3 is 2.05 bits per heavy atom. The van der Waals surface area contributed by atoms with E-state index in [1.807, 2.05) is 17.5 Å². The first kappa shape index (κ1) is 13.0. The van der Waals surface area contributed by atoms with Crippen LogP contribution in [0.25, 0.3) is 0 Å². The first-order chi connectivity index (χ1) is 10.7. The summed E-state index contributed by atoms with van der Waals surface area (Å²) in [5, 5.41) is 23.0. The zero-order valence-corrected chi connectivity index (χ0v) is 12.2. The van der Waals surface area contributed by atoms with Gasteiger partial charge >= 0.3 is 0 Å². The molecule has 0 radical (unpaired) electrons. The van der Waals surface area contributed by atoms with Crippen molar-refractivity contribution in [3.63, 3.8) is 0 Å². The maximum atomic E-state index is 12.7. The molecule has 0 spiro atoms. The van der Waals surface area contributed by atoms with Crippen LogP contribution in [0, 0.1) is 0 Å². The number of hydrogen-bond acceptors (Lipinski definition) is 5. The van der Waals surface area contributed by atoms with Crippen LogP contribution in [0.1, 0.15) is 38.0 Å². The number of phenols is 2. The quantitative estimate of drug-likeness (QED) is 0.566. The predicted molar refractivity (Wildman–Crippen MR) is 82.7 cm³/mol. The third-order valence-corrected chi connectivity index (χ3v) is 4.76. The molecule has 0 saturated heterocycles. The number of nitrogens with zero attached hydrogens (tertiary/aromatic N) is 1. The Bertz CT molecular complexity index is 831. The standard InChI is InChI=1S/C17H11NO3S/c19-11-5-1-3-9-13(17-18-7-8-22-17)10-4-2-6-12(20)15(10)16(21)14(9)11/h1-8,13,19-20H. The number of phenolic OH excluding ortho intramolecular Hbond substituents is 2. The summed E-state index contributed by atoms with van der Waals surface area (Å²) in [6.45, 7) is 0. The lowest BCUT2D eigenvalue weighted by atomic mass is 9.77. The summed E-state index contributed by atoms with van der Waals surface area (Å²) in [6, 6.07) is 10.1. The van der Waals surface area contributed by atoms with Crippen LogP contribution in [-0.4, -0.2) is 21.0 Å². The van der Waals surface area contributed by atoms with Gasteiger partial charge in [-0.25, -0.2) is 4.98 Å². The minimum Gasteiger partial charge on any atom is -0.507 e. The van der Waals surface area contributed by atoms with Gasteiger partial charge in [-0.15, -0.1) is 11.3 Å². The summed E-state index contributed by atoms with van der Waals surface area (Å²) in [4.78, 5) is 17.1. The van der Waals surface area contributed by atoms with Crippen LogP contribution in [0.3, 0.4) is 0 Å². The van der Waals surface area contributed by atoms with Gasteiger partial charge in [-0.05, 0) is 23.3 Å². The summed E-state index contributed by atoms with van der Waals surface area (Å²) in [5.41, 5.74) is 1.93. The number of thiazole rings is 1. The Morgan fingerprint density at radius 1 is 0.955 bits per heavy atom. The van der Waals surface area contributed by atoms with Crippen LogP contribution in [0.2, 0.25) is 0 Å². The van der Waals surface area contributed by atoms with Crippen molar-refractivity contribution in [2.75, 3.05) is 0 Å². The van der Waals surface area contributed by atoms with E-state index in [9.17, 15) is 15.0 Å². The Labute approximate surface area is 130 Å². The molecule has 0 bridgehead atoms. The van der Waals surface area contributed by atoms with Crippen LogP contribution < -0.4 is 0 Å². The number of benzene rings is 2. The van der Waals surface area contributed by atoms with Crippen molar-refractivity contribution in [1.29, 1.82) is 0 Å². The molecule has 0 atom stereocenters. The number of carbonyl (C=O) groups excluding carboxylic acids is 1. The van der Waals surface area contributed by atoms with Gasteiger partial charge in [0.2, 0.25) is 5.78 Å². The average molecular weight is 309 g/mol. The molecule has 1 heterocycles. The summed E-state index contributed by atoms with van der Waals surface area (Å²) in [5.74, 6) is -0.758. The molecule has 2 aromatic carbocycles. The molecule has 108 valence electrons. The molecule has 4 rings (SSSR count).